The molecule has 0 aliphatic rings. The van der Waals surface area contributed by atoms with Gasteiger partial charge in [-0.05, 0) is 19.8 Å². The summed E-state index contributed by atoms with van der Waals surface area (Å²) < 4.78 is 0. The molecule has 15 heavy (non-hydrogen) atoms. The Balaban J connectivity index is 4.55. The van der Waals surface area contributed by atoms with Gasteiger partial charge < -0.3 is 10.6 Å². The van der Waals surface area contributed by atoms with E-state index >= 15 is 0 Å². The van der Waals surface area contributed by atoms with Gasteiger partial charge in [0.05, 0.1) is 6.04 Å². The van der Waals surface area contributed by atoms with Crippen molar-refractivity contribution in [1.82, 2.24) is 4.90 Å². The molecule has 0 aromatic heterocycles. The van der Waals surface area contributed by atoms with Crippen molar-refractivity contribution in [1.29, 1.82) is 0 Å². The molecule has 2 atom stereocenters. The molecule has 2 N–H and O–H groups in total. The van der Waals surface area contributed by atoms with E-state index < -0.39 is 6.04 Å². The van der Waals surface area contributed by atoms with E-state index in [1.165, 1.54) is 0 Å². The minimum absolute atomic E-state index is 0.0271. The molecular formula is C12H24N2O. The summed E-state index contributed by atoms with van der Waals surface area (Å²) in [7, 11) is 0. The summed E-state index contributed by atoms with van der Waals surface area (Å²) in [5, 5.41) is 0. The van der Waals surface area contributed by atoms with Crippen LogP contribution in [0.5, 0.6) is 0 Å². The summed E-state index contributed by atoms with van der Waals surface area (Å²) in [5.41, 5.74) is 5.91. The number of carbonyl (C=O) groups excluding carboxylic acids is 1. The lowest BCUT2D eigenvalue weighted by Crippen LogP contribution is -2.49. The highest BCUT2D eigenvalue weighted by atomic mass is 16.2. The Morgan fingerprint density at radius 2 is 2.00 bits per heavy atom. The fourth-order valence-corrected chi connectivity index (χ4v) is 1.38. The molecule has 3 nitrogen and oxygen atoms in total. The van der Waals surface area contributed by atoms with Crippen molar-refractivity contribution < 1.29 is 4.79 Å². The first-order valence-electron chi connectivity index (χ1n) is 5.62. The van der Waals surface area contributed by atoms with Crippen LogP contribution >= 0.6 is 0 Å². The van der Waals surface area contributed by atoms with E-state index in [9.17, 15) is 4.79 Å². The van der Waals surface area contributed by atoms with Gasteiger partial charge in [-0.2, -0.15) is 0 Å². The van der Waals surface area contributed by atoms with Crippen LogP contribution in [0.4, 0.5) is 0 Å². The van der Waals surface area contributed by atoms with Crippen LogP contribution in [0.25, 0.3) is 0 Å². The van der Waals surface area contributed by atoms with Crippen molar-refractivity contribution >= 4 is 5.91 Å². The van der Waals surface area contributed by atoms with Gasteiger partial charge in [-0.15, -0.1) is 6.58 Å². The third-order valence-electron chi connectivity index (χ3n) is 2.77. The van der Waals surface area contributed by atoms with Gasteiger partial charge in [0, 0.05) is 12.6 Å². The molecule has 0 aliphatic heterocycles. The zero-order chi connectivity index (χ0) is 12.0. The molecule has 0 saturated heterocycles. The monoisotopic (exact) mass is 212 g/mol. The first-order chi connectivity index (χ1) is 6.95. The average Bonchev–Trinajstić information content (AvgIpc) is 2.22. The molecule has 0 radical (unpaired) electrons. The molecule has 0 spiro atoms. The lowest BCUT2D eigenvalue weighted by atomic mass is 9.98. The lowest BCUT2D eigenvalue weighted by molar-refractivity contribution is -0.134. The van der Waals surface area contributed by atoms with Crippen LogP contribution in [0.15, 0.2) is 12.7 Å². The fourth-order valence-electron chi connectivity index (χ4n) is 1.38. The van der Waals surface area contributed by atoms with Crippen molar-refractivity contribution in [3.8, 4) is 0 Å². The number of carbonyl (C=O) groups is 1. The van der Waals surface area contributed by atoms with Crippen LogP contribution in [-0.2, 0) is 4.79 Å². The molecule has 0 fully saturated rings. The molecule has 3 heteroatoms. The predicted octanol–water partition coefficient (Wildman–Crippen LogP) is 1.78. The molecule has 88 valence electrons. The molecule has 1 amide bonds. The number of rotatable bonds is 6. The normalized spacial score (nSPS) is 14.8. The largest absolute Gasteiger partial charge is 0.335 e. The zero-order valence-corrected chi connectivity index (χ0v) is 10.4. The number of hydrogen-bond acceptors (Lipinski definition) is 2. The summed E-state index contributed by atoms with van der Waals surface area (Å²) in [6.07, 6.45) is 2.66. The number of amides is 1. The first kappa shape index (κ1) is 14.2. The number of nitrogens with two attached hydrogens (primary N) is 1. The number of hydrogen-bond donors (Lipinski definition) is 1. The Morgan fingerprint density at radius 3 is 2.33 bits per heavy atom. The Labute approximate surface area is 93.3 Å². The zero-order valence-electron chi connectivity index (χ0n) is 10.4. The molecular weight excluding hydrogens is 188 g/mol. The summed E-state index contributed by atoms with van der Waals surface area (Å²) in [4.78, 5) is 13.8. The highest BCUT2D eigenvalue weighted by Crippen LogP contribution is 2.10. The molecule has 0 rings (SSSR count). The smallest absolute Gasteiger partial charge is 0.240 e. The van der Waals surface area contributed by atoms with Gasteiger partial charge >= 0.3 is 0 Å². The van der Waals surface area contributed by atoms with Gasteiger partial charge in [-0.3, -0.25) is 4.79 Å². The van der Waals surface area contributed by atoms with Crippen LogP contribution in [0.3, 0.4) is 0 Å². The first-order valence-corrected chi connectivity index (χ1v) is 5.62. The van der Waals surface area contributed by atoms with E-state index in [4.69, 9.17) is 5.73 Å². The maximum atomic E-state index is 12.0. The Bertz CT molecular complexity index is 214. The van der Waals surface area contributed by atoms with E-state index in [1.807, 2.05) is 27.7 Å². The summed E-state index contributed by atoms with van der Waals surface area (Å²) in [6, 6.07) is -0.219. The Hall–Kier alpha value is -0.830. The maximum absolute atomic E-state index is 12.0. The Morgan fingerprint density at radius 1 is 1.47 bits per heavy atom. The van der Waals surface area contributed by atoms with E-state index in [0.717, 1.165) is 6.42 Å². The lowest BCUT2D eigenvalue weighted by Gasteiger charge is -2.30. The summed E-state index contributed by atoms with van der Waals surface area (Å²) >= 11 is 0. The van der Waals surface area contributed by atoms with E-state index in [2.05, 4.69) is 6.58 Å². The van der Waals surface area contributed by atoms with Crippen LogP contribution < -0.4 is 5.73 Å². The van der Waals surface area contributed by atoms with E-state index in [-0.39, 0.29) is 17.9 Å². The van der Waals surface area contributed by atoms with Crippen LogP contribution in [0.2, 0.25) is 0 Å². The van der Waals surface area contributed by atoms with Gasteiger partial charge in [0.2, 0.25) is 5.91 Å². The van der Waals surface area contributed by atoms with Crippen LogP contribution in [0.1, 0.15) is 34.1 Å². The summed E-state index contributed by atoms with van der Waals surface area (Å²) in [6.45, 7) is 12.3. The maximum Gasteiger partial charge on any atom is 0.240 e. The van der Waals surface area contributed by atoms with Crippen molar-refractivity contribution in [3.05, 3.63) is 12.7 Å². The van der Waals surface area contributed by atoms with Crippen molar-refractivity contribution in [2.24, 2.45) is 11.7 Å². The SMILES string of the molecule is C=CCN(C(=O)[C@@H](N)C(C)CC)C(C)C. The van der Waals surface area contributed by atoms with Crippen LogP contribution in [0, 0.1) is 5.92 Å². The molecule has 1 unspecified atom stereocenters. The fraction of sp³-hybridized carbons (Fsp3) is 0.750. The second-order valence-electron chi connectivity index (χ2n) is 4.28. The van der Waals surface area contributed by atoms with Gasteiger partial charge in [0.15, 0.2) is 0 Å². The minimum atomic E-state index is -0.391. The van der Waals surface area contributed by atoms with Crippen molar-refractivity contribution in [3.63, 3.8) is 0 Å². The predicted molar refractivity (Wildman–Crippen MR) is 64.5 cm³/mol. The highest BCUT2D eigenvalue weighted by molar-refractivity contribution is 5.82. The molecule has 0 aromatic rings. The second kappa shape index (κ2) is 6.62. The number of nitrogens with zero attached hydrogens (tertiary/aromatic N) is 1. The molecule has 0 bridgehead atoms. The van der Waals surface area contributed by atoms with Gasteiger partial charge in [-0.1, -0.05) is 26.3 Å². The van der Waals surface area contributed by atoms with Crippen molar-refractivity contribution in [2.45, 2.75) is 46.2 Å². The third-order valence-corrected chi connectivity index (χ3v) is 2.77. The molecule has 0 aromatic carbocycles. The minimum Gasteiger partial charge on any atom is -0.335 e. The van der Waals surface area contributed by atoms with E-state index in [0.29, 0.717) is 6.54 Å². The molecule has 0 aliphatic carbocycles. The topological polar surface area (TPSA) is 46.3 Å². The highest BCUT2D eigenvalue weighted by Gasteiger charge is 2.25. The average molecular weight is 212 g/mol. The van der Waals surface area contributed by atoms with E-state index in [1.54, 1.807) is 11.0 Å². The van der Waals surface area contributed by atoms with Gasteiger partial charge in [-0.25, -0.2) is 0 Å². The van der Waals surface area contributed by atoms with Crippen LogP contribution in [-0.4, -0.2) is 29.4 Å². The third kappa shape index (κ3) is 4.04. The van der Waals surface area contributed by atoms with Crippen molar-refractivity contribution in [2.75, 3.05) is 6.54 Å². The Kier molecular flexibility index (Phi) is 6.25. The standard InChI is InChI=1S/C12H24N2O/c1-6-8-14(9(3)4)12(15)11(13)10(5)7-2/h6,9-11H,1,7-8,13H2,2-5H3/t10?,11-/m0/s1. The molecule has 0 heterocycles. The summed E-state index contributed by atoms with van der Waals surface area (Å²) in [5.74, 6) is 0.253. The van der Waals surface area contributed by atoms with Gasteiger partial charge in [0.25, 0.3) is 0 Å². The quantitative estimate of drug-likeness (QED) is 0.682. The second-order valence-corrected chi connectivity index (χ2v) is 4.28. The van der Waals surface area contributed by atoms with Gasteiger partial charge in [0.1, 0.15) is 0 Å². The molecule has 0 saturated carbocycles.